The van der Waals surface area contributed by atoms with Crippen LogP contribution in [-0.4, -0.2) is 16.2 Å². The molecule has 0 saturated carbocycles. The van der Waals surface area contributed by atoms with Gasteiger partial charge in [-0.05, 0) is 54.3 Å². The summed E-state index contributed by atoms with van der Waals surface area (Å²) in [6.07, 6.45) is 0. The van der Waals surface area contributed by atoms with Gasteiger partial charge in [0.2, 0.25) is 5.82 Å². The standard InChI is InChI=1S/C20H16BrN3O3/c1-10-4-9-15-12(3)18(26-17(15)11(10)2)20(25)22-19-16(23-27-24-19)13-5-7-14(21)8-6-13/h4-9H,1-3H3,(H,22,24,25). The van der Waals surface area contributed by atoms with Gasteiger partial charge in [-0.15, -0.1) is 0 Å². The molecule has 7 heteroatoms. The predicted molar refractivity (Wildman–Crippen MR) is 106 cm³/mol. The van der Waals surface area contributed by atoms with Gasteiger partial charge in [-0.1, -0.05) is 40.2 Å². The molecule has 4 aromatic rings. The van der Waals surface area contributed by atoms with Crippen molar-refractivity contribution < 1.29 is 13.8 Å². The fourth-order valence-corrected chi connectivity index (χ4v) is 3.23. The van der Waals surface area contributed by atoms with E-state index in [-0.39, 0.29) is 11.6 Å². The number of carbonyl (C=O) groups is 1. The summed E-state index contributed by atoms with van der Waals surface area (Å²) in [5, 5.41) is 11.4. The van der Waals surface area contributed by atoms with Crippen LogP contribution in [0.4, 0.5) is 5.82 Å². The van der Waals surface area contributed by atoms with Crippen molar-refractivity contribution in [1.29, 1.82) is 0 Å². The van der Waals surface area contributed by atoms with E-state index in [1.807, 2.05) is 57.2 Å². The molecule has 0 saturated heterocycles. The van der Waals surface area contributed by atoms with Gasteiger partial charge in [-0.25, -0.2) is 4.63 Å². The van der Waals surface area contributed by atoms with Gasteiger partial charge in [0, 0.05) is 21.0 Å². The molecule has 0 atom stereocenters. The minimum absolute atomic E-state index is 0.245. The van der Waals surface area contributed by atoms with Crippen molar-refractivity contribution in [3.63, 3.8) is 0 Å². The van der Waals surface area contributed by atoms with Crippen molar-refractivity contribution in [3.8, 4) is 11.3 Å². The molecule has 1 N–H and O–H groups in total. The van der Waals surface area contributed by atoms with E-state index in [4.69, 9.17) is 9.05 Å². The third-order valence-electron chi connectivity index (χ3n) is 4.67. The molecule has 0 unspecified atom stereocenters. The summed E-state index contributed by atoms with van der Waals surface area (Å²) in [5.41, 5.74) is 4.88. The van der Waals surface area contributed by atoms with E-state index in [0.717, 1.165) is 37.7 Å². The average molecular weight is 426 g/mol. The second-order valence-electron chi connectivity index (χ2n) is 6.36. The highest BCUT2D eigenvalue weighted by molar-refractivity contribution is 9.10. The molecule has 136 valence electrons. The van der Waals surface area contributed by atoms with Crippen LogP contribution in [-0.2, 0) is 0 Å². The first kappa shape index (κ1) is 17.5. The number of hydrogen-bond acceptors (Lipinski definition) is 5. The number of nitrogens with one attached hydrogen (secondary N) is 1. The van der Waals surface area contributed by atoms with Crippen LogP contribution < -0.4 is 5.32 Å². The maximum Gasteiger partial charge on any atom is 0.292 e. The average Bonchev–Trinajstić information content (AvgIpc) is 3.24. The second-order valence-corrected chi connectivity index (χ2v) is 7.28. The fraction of sp³-hybridized carbons (Fsp3) is 0.150. The summed E-state index contributed by atoms with van der Waals surface area (Å²) < 4.78 is 11.7. The van der Waals surface area contributed by atoms with E-state index in [0.29, 0.717) is 5.69 Å². The minimum Gasteiger partial charge on any atom is -0.450 e. The molecule has 0 spiro atoms. The second kappa shape index (κ2) is 6.66. The zero-order chi connectivity index (χ0) is 19.1. The molecule has 0 radical (unpaired) electrons. The van der Waals surface area contributed by atoms with Gasteiger partial charge in [0.25, 0.3) is 5.91 Å². The van der Waals surface area contributed by atoms with Gasteiger partial charge >= 0.3 is 0 Å². The lowest BCUT2D eigenvalue weighted by atomic mass is 10.0. The summed E-state index contributed by atoms with van der Waals surface area (Å²) in [4.78, 5) is 12.8. The lowest BCUT2D eigenvalue weighted by Crippen LogP contribution is -2.13. The Morgan fingerprint density at radius 2 is 1.74 bits per heavy atom. The van der Waals surface area contributed by atoms with Crippen LogP contribution in [0.25, 0.3) is 22.2 Å². The molecule has 0 aliphatic heterocycles. The van der Waals surface area contributed by atoms with Gasteiger partial charge < -0.3 is 4.42 Å². The molecule has 0 bridgehead atoms. The fourth-order valence-electron chi connectivity index (χ4n) is 2.97. The number of nitrogens with zero attached hydrogens (tertiary/aromatic N) is 2. The molecule has 4 rings (SSSR count). The maximum absolute atomic E-state index is 12.8. The number of amides is 1. The van der Waals surface area contributed by atoms with Crippen LogP contribution in [0.15, 0.2) is 49.9 Å². The molecule has 0 fully saturated rings. The molecule has 2 heterocycles. The summed E-state index contributed by atoms with van der Waals surface area (Å²) >= 11 is 3.39. The predicted octanol–water partition coefficient (Wildman–Crippen LogP) is 5.42. The monoisotopic (exact) mass is 425 g/mol. The van der Waals surface area contributed by atoms with E-state index < -0.39 is 5.91 Å². The number of benzene rings is 2. The Labute approximate surface area is 163 Å². The molecule has 27 heavy (non-hydrogen) atoms. The van der Waals surface area contributed by atoms with E-state index in [1.54, 1.807) is 0 Å². The first-order chi connectivity index (χ1) is 13.0. The largest absolute Gasteiger partial charge is 0.450 e. The third-order valence-corrected chi connectivity index (χ3v) is 5.20. The summed E-state index contributed by atoms with van der Waals surface area (Å²) in [7, 11) is 0. The lowest BCUT2D eigenvalue weighted by Gasteiger charge is -2.02. The van der Waals surface area contributed by atoms with Crippen LogP contribution in [0.2, 0.25) is 0 Å². The highest BCUT2D eigenvalue weighted by Crippen LogP contribution is 2.31. The number of anilines is 1. The zero-order valence-corrected chi connectivity index (χ0v) is 16.5. The number of rotatable bonds is 3. The Bertz CT molecular complexity index is 1160. The highest BCUT2D eigenvalue weighted by atomic mass is 79.9. The lowest BCUT2D eigenvalue weighted by molar-refractivity contribution is 0.0997. The molecule has 1 amide bonds. The van der Waals surface area contributed by atoms with E-state index in [9.17, 15) is 4.79 Å². The third kappa shape index (κ3) is 3.04. The van der Waals surface area contributed by atoms with Crippen molar-refractivity contribution in [2.75, 3.05) is 5.32 Å². The van der Waals surface area contributed by atoms with E-state index in [1.165, 1.54) is 0 Å². The number of aryl methyl sites for hydroxylation is 3. The summed E-state index contributed by atoms with van der Waals surface area (Å²) in [5.74, 6) is 0.105. The van der Waals surface area contributed by atoms with Crippen molar-refractivity contribution in [1.82, 2.24) is 10.3 Å². The highest BCUT2D eigenvalue weighted by Gasteiger charge is 2.22. The number of hydrogen-bond donors (Lipinski definition) is 1. The van der Waals surface area contributed by atoms with Gasteiger partial charge in [0.1, 0.15) is 5.58 Å². The SMILES string of the molecule is Cc1ccc2c(C)c(C(=O)Nc3nonc3-c3ccc(Br)cc3)oc2c1C. The molecule has 0 aliphatic rings. The van der Waals surface area contributed by atoms with Crippen LogP contribution in [0, 0.1) is 20.8 Å². The Kier molecular flexibility index (Phi) is 4.31. The van der Waals surface area contributed by atoms with Gasteiger partial charge in [0.15, 0.2) is 11.5 Å². The van der Waals surface area contributed by atoms with Crippen molar-refractivity contribution in [2.45, 2.75) is 20.8 Å². The van der Waals surface area contributed by atoms with Crippen LogP contribution in [0.5, 0.6) is 0 Å². The zero-order valence-electron chi connectivity index (χ0n) is 15.0. The first-order valence-electron chi connectivity index (χ1n) is 8.35. The topological polar surface area (TPSA) is 81.2 Å². The van der Waals surface area contributed by atoms with Crippen LogP contribution >= 0.6 is 15.9 Å². The van der Waals surface area contributed by atoms with Crippen molar-refractivity contribution >= 4 is 38.6 Å². The number of halogens is 1. The van der Waals surface area contributed by atoms with Crippen molar-refractivity contribution in [3.05, 3.63) is 63.3 Å². The smallest absolute Gasteiger partial charge is 0.292 e. The quantitative estimate of drug-likeness (QED) is 0.473. The molecular formula is C20H16BrN3O3. The van der Waals surface area contributed by atoms with Crippen LogP contribution in [0.1, 0.15) is 27.2 Å². The maximum atomic E-state index is 12.8. The van der Waals surface area contributed by atoms with E-state index >= 15 is 0 Å². The number of carbonyl (C=O) groups excluding carboxylic acids is 1. The van der Waals surface area contributed by atoms with Gasteiger partial charge in [-0.2, -0.15) is 0 Å². The normalized spacial score (nSPS) is 11.1. The number of fused-ring (bicyclic) bond motifs is 1. The number of aromatic nitrogens is 2. The van der Waals surface area contributed by atoms with Gasteiger partial charge in [0.05, 0.1) is 0 Å². The Morgan fingerprint density at radius 3 is 2.48 bits per heavy atom. The Morgan fingerprint density at radius 1 is 1.00 bits per heavy atom. The van der Waals surface area contributed by atoms with Crippen molar-refractivity contribution in [2.24, 2.45) is 0 Å². The van der Waals surface area contributed by atoms with Gasteiger partial charge in [-0.3, -0.25) is 10.1 Å². The summed E-state index contributed by atoms with van der Waals surface area (Å²) in [6.45, 7) is 5.86. The number of furan rings is 1. The van der Waals surface area contributed by atoms with E-state index in [2.05, 4.69) is 31.6 Å². The molecule has 6 nitrogen and oxygen atoms in total. The molecule has 2 aromatic heterocycles. The molecular weight excluding hydrogens is 410 g/mol. The minimum atomic E-state index is -0.394. The molecule has 2 aromatic carbocycles. The Hall–Kier alpha value is -2.93. The molecule has 0 aliphatic carbocycles. The summed E-state index contributed by atoms with van der Waals surface area (Å²) in [6, 6.07) is 11.5. The Balaban J connectivity index is 1.69. The van der Waals surface area contributed by atoms with Crippen LogP contribution in [0.3, 0.4) is 0 Å². The first-order valence-corrected chi connectivity index (χ1v) is 9.14.